The lowest BCUT2D eigenvalue weighted by Gasteiger charge is -2.30. The fraction of sp³-hybridized carbons (Fsp3) is 0.600. The van der Waals surface area contributed by atoms with Gasteiger partial charge >= 0.3 is 0 Å². The van der Waals surface area contributed by atoms with Crippen molar-refractivity contribution in [3.63, 3.8) is 0 Å². The molecule has 7 heteroatoms. The van der Waals surface area contributed by atoms with Gasteiger partial charge in [-0.25, -0.2) is 8.42 Å². The highest BCUT2D eigenvalue weighted by Gasteiger charge is 2.25. The minimum Gasteiger partial charge on any atom is -0.310 e. The molecule has 2 rings (SSSR count). The first-order valence-corrected chi connectivity index (χ1v) is 8.63. The molecule has 0 amide bonds. The molecule has 0 saturated carbocycles. The van der Waals surface area contributed by atoms with Crippen LogP contribution in [-0.2, 0) is 9.84 Å². The summed E-state index contributed by atoms with van der Waals surface area (Å²) in [6, 6.07) is 3.47. The van der Waals surface area contributed by atoms with Gasteiger partial charge in [0.1, 0.15) is 4.21 Å². The van der Waals surface area contributed by atoms with E-state index in [0.717, 1.165) is 23.4 Å². The van der Waals surface area contributed by atoms with Crippen LogP contribution in [0, 0.1) is 0 Å². The van der Waals surface area contributed by atoms with Gasteiger partial charge in [-0.05, 0) is 35.1 Å². The zero-order valence-corrected chi connectivity index (χ0v) is 12.7. The third-order valence-electron chi connectivity index (χ3n) is 2.73. The van der Waals surface area contributed by atoms with Crippen LogP contribution < -0.4 is 5.32 Å². The number of likely N-dealkylation sites (N-methyl/N-ethyl adjacent to an activating group) is 1. The topological polar surface area (TPSA) is 49.4 Å². The highest BCUT2D eigenvalue weighted by atomic mass is 79.9. The molecule has 1 saturated heterocycles. The maximum atomic E-state index is 12.2. The van der Waals surface area contributed by atoms with Crippen molar-refractivity contribution in [3.05, 3.63) is 15.9 Å². The number of hydrogen-bond donors (Lipinski definition) is 1. The van der Waals surface area contributed by atoms with Crippen LogP contribution in [-0.4, -0.2) is 51.8 Å². The van der Waals surface area contributed by atoms with Crippen LogP contribution in [0.4, 0.5) is 0 Å². The molecule has 0 spiro atoms. The van der Waals surface area contributed by atoms with E-state index in [-0.39, 0.29) is 11.8 Å². The number of halogens is 1. The second-order valence-corrected chi connectivity index (χ2v) is 8.98. The van der Waals surface area contributed by atoms with E-state index >= 15 is 0 Å². The highest BCUT2D eigenvalue weighted by molar-refractivity contribution is 9.11. The molecule has 1 fully saturated rings. The second kappa shape index (κ2) is 5.36. The van der Waals surface area contributed by atoms with Crippen molar-refractivity contribution in [2.45, 2.75) is 10.3 Å². The molecule has 96 valence electrons. The van der Waals surface area contributed by atoms with Gasteiger partial charge in [-0.1, -0.05) is 0 Å². The minimum atomic E-state index is -3.16. The Hall–Kier alpha value is 0.0500. The molecule has 1 atom stereocenters. The molecule has 2 heterocycles. The third kappa shape index (κ3) is 3.51. The van der Waals surface area contributed by atoms with Crippen LogP contribution in [0.15, 0.2) is 20.1 Å². The van der Waals surface area contributed by atoms with Gasteiger partial charge in [0.05, 0.1) is 9.54 Å². The lowest BCUT2D eigenvalue weighted by Crippen LogP contribution is -2.51. The SMILES string of the molecule is CN1CCNC(CS(=O)(=O)c2ccc(Br)s2)C1. The average Bonchev–Trinajstić information content (AvgIpc) is 2.65. The van der Waals surface area contributed by atoms with Gasteiger partial charge in [-0.2, -0.15) is 0 Å². The average molecular weight is 339 g/mol. The van der Waals surface area contributed by atoms with Crippen molar-refractivity contribution in [3.8, 4) is 0 Å². The Balaban J connectivity index is 2.07. The molecular formula is C10H15BrN2O2S2. The predicted molar refractivity (Wildman–Crippen MR) is 73.4 cm³/mol. The van der Waals surface area contributed by atoms with E-state index < -0.39 is 9.84 Å². The van der Waals surface area contributed by atoms with Crippen molar-refractivity contribution in [2.75, 3.05) is 32.4 Å². The molecule has 1 N–H and O–H groups in total. The normalized spacial score (nSPS) is 22.8. The maximum Gasteiger partial charge on any atom is 0.189 e. The Morgan fingerprint density at radius 3 is 2.94 bits per heavy atom. The van der Waals surface area contributed by atoms with E-state index in [2.05, 4.69) is 26.1 Å². The van der Waals surface area contributed by atoms with Crippen molar-refractivity contribution in [1.82, 2.24) is 10.2 Å². The highest BCUT2D eigenvalue weighted by Crippen LogP contribution is 2.27. The quantitative estimate of drug-likeness (QED) is 0.899. The summed E-state index contributed by atoms with van der Waals surface area (Å²) in [5.41, 5.74) is 0. The van der Waals surface area contributed by atoms with Crippen LogP contribution in [0.25, 0.3) is 0 Å². The van der Waals surface area contributed by atoms with Crippen LogP contribution in [0.5, 0.6) is 0 Å². The first-order chi connectivity index (χ1) is 7.97. The van der Waals surface area contributed by atoms with Gasteiger partial charge in [0.15, 0.2) is 9.84 Å². The molecule has 17 heavy (non-hydrogen) atoms. The van der Waals surface area contributed by atoms with Gasteiger partial charge < -0.3 is 10.2 Å². The van der Waals surface area contributed by atoms with Crippen molar-refractivity contribution < 1.29 is 8.42 Å². The van der Waals surface area contributed by atoms with Gasteiger partial charge in [-0.3, -0.25) is 0 Å². The second-order valence-electron chi connectivity index (χ2n) is 4.25. The number of rotatable bonds is 3. The molecule has 0 aromatic carbocycles. The fourth-order valence-electron chi connectivity index (χ4n) is 1.92. The first-order valence-electron chi connectivity index (χ1n) is 5.37. The fourth-order valence-corrected chi connectivity index (χ4v) is 5.53. The third-order valence-corrected chi connectivity index (χ3v) is 6.75. The molecule has 0 radical (unpaired) electrons. The summed E-state index contributed by atoms with van der Waals surface area (Å²) in [4.78, 5) is 2.15. The van der Waals surface area contributed by atoms with Gasteiger partial charge in [0.2, 0.25) is 0 Å². The van der Waals surface area contributed by atoms with Crippen molar-refractivity contribution in [1.29, 1.82) is 0 Å². The Morgan fingerprint density at radius 2 is 2.35 bits per heavy atom. The molecule has 1 aliphatic heterocycles. The summed E-state index contributed by atoms with van der Waals surface area (Å²) < 4.78 is 25.6. The predicted octanol–water partition coefficient (Wildman–Crippen LogP) is 1.19. The number of thiophene rings is 1. The van der Waals surface area contributed by atoms with E-state index in [1.807, 2.05) is 7.05 Å². The van der Waals surface area contributed by atoms with E-state index in [4.69, 9.17) is 0 Å². The summed E-state index contributed by atoms with van der Waals surface area (Å²) in [5.74, 6) is 0.171. The molecule has 0 aliphatic carbocycles. The molecule has 1 unspecified atom stereocenters. The lowest BCUT2D eigenvalue weighted by atomic mass is 10.2. The van der Waals surface area contributed by atoms with E-state index in [1.54, 1.807) is 12.1 Å². The van der Waals surface area contributed by atoms with Crippen LogP contribution in [0.1, 0.15) is 0 Å². The number of nitrogens with zero attached hydrogens (tertiary/aromatic N) is 1. The minimum absolute atomic E-state index is 0.0274. The summed E-state index contributed by atoms with van der Waals surface area (Å²) in [6.07, 6.45) is 0. The summed E-state index contributed by atoms with van der Waals surface area (Å²) in [6.45, 7) is 2.61. The number of nitrogens with one attached hydrogen (secondary N) is 1. The number of hydrogen-bond acceptors (Lipinski definition) is 5. The van der Waals surface area contributed by atoms with Gasteiger partial charge in [-0.15, -0.1) is 11.3 Å². The summed E-state index contributed by atoms with van der Waals surface area (Å²) >= 11 is 4.56. The van der Waals surface area contributed by atoms with E-state index in [1.165, 1.54) is 11.3 Å². The number of piperazine rings is 1. The number of sulfone groups is 1. The molecule has 0 bridgehead atoms. The molecule has 4 nitrogen and oxygen atoms in total. The summed E-state index contributed by atoms with van der Waals surface area (Å²) in [7, 11) is -1.15. The van der Waals surface area contributed by atoms with E-state index in [9.17, 15) is 8.42 Å². The van der Waals surface area contributed by atoms with E-state index in [0.29, 0.717) is 4.21 Å². The zero-order valence-electron chi connectivity index (χ0n) is 9.52. The Labute approximate surface area is 114 Å². The monoisotopic (exact) mass is 338 g/mol. The van der Waals surface area contributed by atoms with Crippen molar-refractivity contribution >= 4 is 37.1 Å². The molecular weight excluding hydrogens is 324 g/mol. The largest absolute Gasteiger partial charge is 0.310 e. The first kappa shape index (κ1) is 13.5. The van der Waals surface area contributed by atoms with Crippen LogP contribution in [0.3, 0.4) is 0 Å². The lowest BCUT2D eigenvalue weighted by molar-refractivity contribution is 0.249. The standard InChI is InChI=1S/C10H15BrN2O2S2/c1-13-5-4-12-8(6-13)7-17(14,15)10-3-2-9(11)16-10/h2-3,8,12H,4-7H2,1H3. The Bertz CT molecular complexity index is 486. The van der Waals surface area contributed by atoms with Crippen LogP contribution >= 0.6 is 27.3 Å². The molecule has 1 aromatic heterocycles. The summed E-state index contributed by atoms with van der Waals surface area (Å²) in [5, 5.41) is 3.25. The van der Waals surface area contributed by atoms with Crippen LogP contribution in [0.2, 0.25) is 0 Å². The molecule has 1 aliphatic rings. The van der Waals surface area contributed by atoms with Gasteiger partial charge in [0.25, 0.3) is 0 Å². The maximum absolute atomic E-state index is 12.2. The Morgan fingerprint density at radius 1 is 1.59 bits per heavy atom. The Kier molecular flexibility index (Phi) is 4.25. The smallest absolute Gasteiger partial charge is 0.189 e. The van der Waals surface area contributed by atoms with Gasteiger partial charge in [0, 0.05) is 25.7 Å². The zero-order chi connectivity index (χ0) is 12.5. The molecule has 1 aromatic rings. The van der Waals surface area contributed by atoms with Crippen molar-refractivity contribution in [2.24, 2.45) is 0 Å².